The molecule has 0 unspecified atom stereocenters. The monoisotopic (exact) mass is 213 g/mol. The Morgan fingerprint density at radius 2 is 2.56 bits per heavy atom. The SMILES string of the molecule is N[C@@H](CSC=[Se])C(=O)O. The Balaban J connectivity index is 3.37. The van der Waals surface area contributed by atoms with Gasteiger partial charge in [-0.25, -0.2) is 0 Å². The van der Waals surface area contributed by atoms with Gasteiger partial charge in [0.05, 0.1) is 0 Å². The number of hydrogen-bond donors (Lipinski definition) is 2. The molecular weight excluding hydrogens is 205 g/mol. The number of carbonyl (C=O) groups is 1. The van der Waals surface area contributed by atoms with Gasteiger partial charge in [-0.15, -0.1) is 0 Å². The van der Waals surface area contributed by atoms with E-state index in [4.69, 9.17) is 10.8 Å². The molecule has 0 spiro atoms. The van der Waals surface area contributed by atoms with Crippen molar-refractivity contribution in [3.63, 3.8) is 0 Å². The Labute approximate surface area is 65.4 Å². The number of thioether (sulfide) groups is 1. The van der Waals surface area contributed by atoms with Crippen LogP contribution in [0.15, 0.2) is 0 Å². The van der Waals surface area contributed by atoms with Crippen molar-refractivity contribution >= 4 is 37.6 Å². The van der Waals surface area contributed by atoms with E-state index in [0.29, 0.717) is 5.75 Å². The zero-order valence-corrected chi connectivity index (χ0v) is 7.14. The average molecular weight is 212 g/mol. The van der Waals surface area contributed by atoms with Crippen LogP contribution in [-0.2, 0) is 4.79 Å². The number of aliphatic carboxylic acids is 1. The molecule has 9 heavy (non-hydrogen) atoms. The molecule has 0 aliphatic carbocycles. The van der Waals surface area contributed by atoms with Gasteiger partial charge in [0, 0.05) is 0 Å². The molecule has 0 fully saturated rings. The molecule has 0 saturated heterocycles. The van der Waals surface area contributed by atoms with Crippen LogP contribution >= 0.6 is 11.8 Å². The van der Waals surface area contributed by atoms with Gasteiger partial charge < -0.3 is 0 Å². The van der Waals surface area contributed by atoms with Crippen molar-refractivity contribution in [1.29, 1.82) is 0 Å². The Kier molecular flexibility index (Phi) is 5.09. The maximum absolute atomic E-state index is 10.0. The fourth-order valence-electron chi connectivity index (χ4n) is 0.214. The van der Waals surface area contributed by atoms with Gasteiger partial charge in [-0.3, -0.25) is 0 Å². The second kappa shape index (κ2) is 4.99. The molecule has 0 bridgehead atoms. The summed E-state index contributed by atoms with van der Waals surface area (Å²) < 4.78 is 1.70. The van der Waals surface area contributed by atoms with E-state index >= 15 is 0 Å². The van der Waals surface area contributed by atoms with Crippen molar-refractivity contribution in [2.75, 3.05) is 5.75 Å². The second-order valence-corrected chi connectivity index (χ2v) is 3.44. The van der Waals surface area contributed by atoms with E-state index < -0.39 is 12.0 Å². The zero-order chi connectivity index (χ0) is 7.28. The summed E-state index contributed by atoms with van der Waals surface area (Å²) in [6.45, 7) is 0. The van der Waals surface area contributed by atoms with Crippen molar-refractivity contribution in [2.45, 2.75) is 6.04 Å². The molecule has 0 aromatic rings. The third-order valence-electron chi connectivity index (χ3n) is 0.661. The molecule has 0 saturated carbocycles. The van der Waals surface area contributed by atoms with E-state index in [-0.39, 0.29) is 0 Å². The van der Waals surface area contributed by atoms with Crippen LogP contribution in [0.5, 0.6) is 0 Å². The molecule has 0 aromatic heterocycles. The number of nitrogens with two attached hydrogens (primary N) is 1. The normalized spacial score (nSPS) is 12.6. The van der Waals surface area contributed by atoms with E-state index in [9.17, 15) is 4.79 Å². The summed E-state index contributed by atoms with van der Waals surface area (Å²) in [7, 11) is 0. The first kappa shape index (κ1) is 9.17. The fourth-order valence-corrected chi connectivity index (χ4v) is 1.14. The molecule has 0 aliphatic rings. The van der Waals surface area contributed by atoms with Crippen LogP contribution in [0.2, 0.25) is 0 Å². The van der Waals surface area contributed by atoms with Gasteiger partial charge in [-0.05, 0) is 0 Å². The van der Waals surface area contributed by atoms with Crippen molar-refractivity contribution in [2.24, 2.45) is 5.73 Å². The molecule has 0 aliphatic heterocycles. The summed E-state index contributed by atoms with van der Waals surface area (Å²) in [4.78, 5) is 10.0. The van der Waals surface area contributed by atoms with Gasteiger partial charge in [-0.2, -0.15) is 0 Å². The van der Waals surface area contributed by atoms with Crippen LogP contribution in [0.4, 0.5) is 0 Å². The Hall–Kier alpha value is 0.169. The van der Waals surface area contributed by atoms with E-state index in [1.54, 1.807) is 4.25 Å². The Morgan fingerprint density at radius 1 is 2.00 bits per heavy atom. The minimum atomic E-state index is -0.954. The summed E-state index contributed by atoms with van der Waals surface area (Å²) in [6.07, 6.45) is 0. The second-order valence-electron chi connectivity index (χ2n) is 1.37. The quantitative estimate of drug-likeness (QED) is 0.590. The molecule has 0 radical (unpaired) electrons. The van der Waals surface area contributed by atoms with Crippen LogP contribution < -0.4 is 5.73 Å². The molecule has 5 heteroatoms. The minimum absolute atomic E-state index is 0.419. The third kappa shape index (κ3) is 4.66. The van der Waals surface area contributed by atoms with Gasteiger partial charge >= 0.3 is 65.0 Å². The molecule has 3 N–H and O–H groups in total. The van der Waals surface area contributed by atoms with Crippen molar-refractivity contribution in [3.05, 3.63) is 0 Å². The molecule has 0 amide bonds. The van der Waals surface area contributed by atoms with Crippen molar-refractivity contribution < 1.29 is 9.90 Å². The predicted octanol–water partition coefficient (Wildman–Crippen LogP) is -0.940. The van der Waals surface area contributed by atoms with Crippen LogP contribution in [0.1, 0.15) is 0 Å². The molecule has 52 valence electrons. The van der Waals surface area contributed by atoms with Gasteiger partial charge in [0.2, 0.25) is 0 Å². The summed E-state index contributed by atoms with van der Waals surface area (Å²) in [5.41, 5.74) is 5.15. The Bertz CT molecular complexity index is 119. The fraction of sp³-hybridized carbons (Fsp3) is 0.500. The first-order valence-electron chi connectivity index (χ1n) is 2.22. The van der Waals surface area contributed by atoms with E-state index in [1.165, 1.54) is 11.8 Å². The topological polar surface area (TPSA) is 63.3 Å². The first-order chi connectivity index (χ1) is 4.18. The molecular formula is C4H7NO2SSe. The number of rotatable bonds is 4. The van der Waals surface area contributed by atoms with Crippen LogP contribution in [0.25, 0.3) is 0 Å². The predicted molar refractivity (Wildman–Crippen MR) is 39.9 cm³/mol. The number of hydrogen-bond acceptors (Lipinski definition) is 3. The van der Waals surface area contributed by atoms with Gasteiger partial charge in [0.25, 0.3) is 0 Å². The zero-order valence-electron chi connectivity index (χ0n) is 4.61. The summed E-state index contributed by atoms with van der Waals surface area (Å²) in [5, 5.41) is 8.25. The first-order valence-corrected chi connectivity index (χ1v) is 4.26. The van der Waals surface area contributed by atoms with E-state index in [0.717, 1.165) is 0 Å². The summed E-state index contributed by atoms with van der Waals surface area (Å²) in [5.74, 6) is -0.535. The molecule has 0 rings (SSSR count). The number of carboxylic acids is 1. The van der Waals surface area contributed by atoms with E-state index in [1.807, 2.05) is 0 Å². The number of carboxylic acid groups (broad SMARTS) is 1. The molecule has 0 aromatic carbocycles. The summed E-state index contributed by atoms with van der Waals surface area (Å²) >= 11 is 3.98. The standard InChI is InChI=1S/C4H7NO2SSe/c5-3(4(6)7)1-8-2-9/h2-3H,1,5H2,(H,6,7)/t3-/m0/s1. The van der Waals surface area contributed by atoms with Gasteiger partial charge in [-0.1, -0.05) is 0 Å². The van der Waals surface area contributed by atoms with Crippen LogP contribution in [0.3, 0.4) is 0 Å². The average Bonchev–Trinajstić information content (AvgIpc) is 1.82. The maximum atomic E-state index is 10.0. The Morgan fingerprint density at radius 3 is 2.89 bits per heavy atom. The van der Waals surface area contributed by atoms with Crippen LogP contribution in [0, 0.1) is 0 Å². The van der Waals surface area contributed by atoms with Crippen LogP contribution in [-0.4, -0.2) is 42.7 Å². The molecule has 0 heterocycles. The summed E-state index contributed by atoms with van der Waals surface area (Å²) in [6, 6.07) is -0.750. The van der Waals surface area contributed by atoms with Gasteiger partial charge in [0.15, 0.2) is 0 Å². The molecule has 3 nitrogen and oxygen atoms in total. The van der Waals surface area contributed by atoms with Crippen molar-refractivity contribution in [3.8, 4) is 0 Å². The van der Waals surface area contributed by atoms with E-state index in [2.05, 4.69) is 15.6 Å². The third-order valence-corrected chi connectivity index (χ3v) is 2.21. The van der Waals surface area contributed by atoms with Crippen molar-refractivity contribution in [1.82, 2.24) is 0 Å². The molecule has 1 atom stereocenters. The van der Waals surface area contributed by atoms with Gasteiger partial charge in [0.1, 0.15) is 0 Å².